The normalized spacial score (nSPS) is 10.1. The monoisotopic (exact) mass is 266 g/mol. The van der Waals surface area contributed by atoms with Crippen molar-refractivity contribution in [2.24, 2.45) is 0 Å². The summed E-state index contributed by atoms with van der Waals surface area (Å²) in [5.74, 6) is 0.766. The summed E-state index contributed by atoms with van der Waals surface area (Å²) < 4.78 is 36.7. The van der Waals surface area contributed by atoms with Crippen molar-refractivity contribution in [2.45, 2.75) is 0 Å². The quantitative estimate of drug-likeness (QED) is 0.460. The van der Waals surface area contributed by atoms with Crippen LogP contribution in [0, 0.1) is 0 Å². The van der Waals surface area contributed by atoms with Gasteiger partial charge in [-0.05, 0) is 12.1 Å². The van der Waals surface area contributed by atoms with Crippen LogP contribution in [0.25, 0.3) is 0 Å². The zero-order valence-corrected chi connectivity index (χ0v) is 10.1. The van der Waals surface area contributed by atoms with Crippen molar-refractivity contribution in [1.82, 2.24) is 5.59 Å². The van der Waals surface area contributed by atoms with Gasteiger partial charge in [-0.1, -0.05) is 12.1 Å². The van der Waals surface area contributed by atoms with E-state index in [0.717, 1.165) is 11.4 Å². The number of nitrogens with one attached hydrogen (secondary N) is 2. The van der Waals surface area contributed by atoms with Crippen LogP contribution in [0.3, 0.4) is 0 Å². The van der Waals surface area contributed by atoms with E-state index in [1.807, 2.05) is 24.3 Å². The molecule has 4 N–H and O–H groups in total. The van der Waals surface area contributed by atoms with Crippen LogP contribution in [0.5, 0.6) is 5.75 Å². The number of hydrogen-bond donors (Lipinski definition) is 4. The van der Waals surface area contributed by atoms with Gasteiger partial charge in [0.1, 0.15) is 5.75 Å². The van der Waals surface area contributed by atoms with Crippen LogP contribution in [0.15, 0.2) is 24.3 Å². The molecule has 98 valence electrons. The van der Waals surface area contributed by atoms with Crippen molar-refractivity contribution in [3.05, 3.63) is 24.3 Å². The van der Waals surface area contributed by atoms with Gasteiger partial charge in [-0.2, -0.15) is 8.42 Å². The number of benzene rings is 1. The molecule has 0 aliphatic rings. The molecule has 0 radical (unpaired) electrons. The molecule has 17 heavy (non-hydrogen) atoms. The molecule has 1 rings (SSSR count). The number of rotatable bonds is 4. The molecule has 0 saturated carbocycles. The molecule has 0 fully saturated rings. The highest BCUT2D eigenvalue weighted by molar-refractivity contribution is 7.79. The summed E-state index contributed by atoms with van der Waals surface area (Å²) in [6.45, 7) is 0. The van der Waals surface area contributed by atoms with Crippen molar-refractivity contribution < 1.29 is 27.1 Å². The number of para-hydroxylation sites is 2. The van der Waals surface area contributed by atoms with Crippen LogP contribution in [-0.2, 0) is 15.2 Å². The fraction of sp³-hybridized carbons (Fsp3) is 0.250. The lowest BCUT2D eigenvalue weighted by molar-refractivity contribution is 0.111. The van der Waals surface area contributed by atoms with Crippen molar-refractivity contribution in [3.8, 4) is 5.75 Å². The highest BCUT2D eigenvalue weighted by atomic mass is 32.3. The van der Waals surface area contributed by atoms with Gasteiger partial charge >= 0.3 is 10.4 Å². The van der Waals surface area contributed by atoms with Crippen LogP contribution in [0.1, 0.15) is 0 Å². The largest absolute Gasteiger partial charge is 0.495 e. The Kier molecular flexibility index (Phi) is 7.18. The first-order chi connectivity index (χ1) is 7.88. The van der Waals surface area contributed by atoms with E-state index in [-0.39, 0.29) is 0 Å². The molecule has 0 atom stereocenters. The minimum atomic E-state index is -4.67. The maximum atomic E-state index is 8.74. The van der Waals surface area contributed by atoms with Gasteiger partial charge in [0.2, 0.25) is 0 Å². The lowest BCUT2D eigenvalue weighted by Gasteiger charge is -2.09. The molecule has 9 heteroatoms. The van der Waals surface area contributed by atoms with E-state index in [0.29, 0.717) is 0 Å². The first kappa shape index (κ1) is 15.6. The molecule has 0 amide bonds. The Morgan fingerprint density at radius 3 is 2.18 bits per heavy atom. The number of anilines is 1. The number of hydrogen-bond acceptors (Lipinski definition) is 6. The molecule has 0 heterocycles. The molecular formula is C8H14N2O6S. The van der Waals surface area contributed by atoms with Crippen LogP contribution in [-0.4, -0.2) is 31.7 Å². The maximum Gasteiger partial charge on any atom is 0.394 e. The fourth-order valence-corrected chi connectivity index (χ4v) is 0.854. The van der Waals surface area contributed by atoms with E-state index in [1.54, 1.807) is 7.11 Å². The van der Waals surface area contributed by atoms with Crippen LogP contribution in [0.4, 0.5) is 5.69 Å². The summed E-state index contributed by atoms with van der Waals surface area (Å²) in [4.78, 5) is 4.63. The van der Waals surface area contributed by atoms with Gasteiger partial charge in [-0.3, -0.25) is 19.4 Å². The Morgan fingerprint density at radius 2 is 1.71 bits per heavy atom. The van der Waals surface area contributed by atoms with Crippen molar-refractivity contribution in [1.29, 1.82) is 0 Å². The molecule has 0 saturated heterocycles. The number of hydrazine groups is 1. The van der Waals surface area contributed by atoms with Gasteiger partial charge in [-0.15, -0.1) is 5.59 Å². The molecule has 0 aromatic heterocycles. The molecule has 0 unspecified atom stereocenters. The zero-order valence-electron chi connectivity index (χ0n) is 9.25. The number of methoxy groups -OCH3 is 1. The maximum absolute atomic E-state index is 8.74. The second-order valence-electron chi connectivity index (χ2n) is 2.58. The third-order valence-electron chi connectivity index (χ3n) is 1.39. The van der Waals surface area contributed by atoms with Crippen molar-refractivity contribution in [2.75, 3.05) is 19.6 Å². The predicted molar refractivity (Wildman–Crippen MR) is 60.9 cm³/mol. The summed E-state index contributed by atoms with van der Waals surface area (Å²) >= 11 is 0. The first-order valence-corrected chi connectivity index (χ1v) is 5.65. The SMILES string of the molecule is CONNc1ccccc1OC.O=S(=O)(O)O. The predicted octanol–water partition coefficient (Wildman–Crippen LogP) is 0.520. The van der Waals surface area contributed by atoms with Gasteiger partial charge in [0.25, 0.3) is 0 Å². The minimum Gasteiger partial charge on any atom is -0.495 e. The summed E-state index contributed by atoms with van der Waals surface area (Å²) in [6.07, 6.45) is 0. The Bertz CT molecular complexity index is 414. The highest BCUT2D eigenvalue weighted by Crippen LogP contribution is 2.21. The second kappa shape index (κ2) is 7.81. The topological polar surface area (TPSA) is 117 Å². The van der Waals surface area contributed by atoms with E-state index in [4.69, 9.17) is 22.3 Å². The van der Waals surface area contributed by atoms with E-state index < -0.39 is 10.4 Å². The molecular weight excluding hydrogens is 252 g/mol. The second-order valence-corrected chi connectivity index (χ2v) is 3.47. The Morgan fingerprint density at radius 1 is 1.18 bits per heavy atom. The van der Waals surface area contributed by atoms with Gasteiger partial charge in [0.05, 0.1) is 19.9 Å². The Hall–Kier alpha value is -1.39. The van der Waals surface area contributed by atoms with Gasteiger partial charge < -0.3 is 4.74 Å². The average molecular weight is 266 g/mol. The first-order valence-electron chi connectivity index (χ1n) is 4.25. The van der Waals surface area contributed by atoms with Crippen LogP contribution in [0.2, 0.25) is 0 Å². The van der Waals surface area contributed by atoms with Crippen LogP contribution < -0.4 is 15.8 Å². The summed E-state index contributed by atoms with van der Waals surface area (Å²) in [7, 11) is -1.52. The molecule has 0 bridgehead atoms. The Labute approximate surface area is 99.0 Å². The standard InChI is InChI=1S/C8H12N2O2.H2O4S/c1-11-8-6-4-3-5-7(8)9-10-12-2;1-5(2,3)4/h3-6,9-10H,1-2H3;(H2,1,2,3,4). The third-order valence-corrected chi connectivity index (χ3v) is 1.39. The lowest BCUT2D eigenvalue weighted by Crippen LogP contribution is -2.19. The summed E-state index contributed by atoms with van der Waals surface area (Å²) in [5, 5.41) is 0. The molecule has 0 spiro atoms. The van der Waals surface area contributed by atoms with Crippen molar-refractivity contribution in [3.63, 3.8) is 0 Å². The molecule has 0 aliphatic heterocycles. The van der Waals surface area contributed by atoms with Crippen LogP contribution >= 0.6 is 0 Å². The van der Waals surface area contributed by atoms with Gasteiger partial charge in [0.15, 0.2) is 0 Å². The summed E-state index contributed by atoms with van der Waals surface area (Å²) in [6, 6.07) is 7.55. The van der Waals surface area contributed by atoms with E-state index in [2.05, 4.69) is 15.9 Å². The lowest BCUT2D eigenvalue weighted by atomic mass is 10.3. The van der Waals surface area contributed by atoms with Gasteiger partial charge in [-0.25, -0.2) is 0 Å². The fourth-order valence-electron chi connectivity index (χ4n) is 0.854. The highest BCUT2D eigenvalue weighted by Gasteiger charge is 1.97. The zero-order chi connectivity index (χ0) is 13.3. The molecule has 8 nitrogen and oxygen atoms in total. The van der Waals surface area contributed by atoms with Gasteiger partial charge in [0, 0.05) is 0 Å². The molecule has 1 aromatic rings. The van der Waals surface area contributed by atoms with E-state index >= 15 is 0 Å². The van der Waals surface area contributed by atoms with E-state index in [1.165, 1.54) is 7.11 Å². The Balaban J connectivity index is 0.000000437. The third kappa shape index (κ3) is 9.53. The van der Waals surface area contributed by atoms with E-state index in [9.17, 15) is 0 Å². The number of ether oxygens (including phenoxy) is 1. The summed E-state index contributed by atoms with van der Waals surface area (Å²) in [5.41, 5.74) is 6.16. The molecule has 0 aliphatic carbocycles. The average Bonchev–Trinajstić information content (AvgIpc) is 2.24. The van der Waals surface area contributed by atoms with Crippen molar-refractivity contribution >= 4 is 16.1 Å². The minimum absolute atomic E-state index is 0.766. The smallest absolute Gasteiger partial charge is 0.394 e. The molecule has 1 aromatic carbocycles.